The standard InChI is InChI=1S/C14H14N4/c1-2-5-12(6-3-1)13-7-4-10-18(17-13)14-11-15-8-9-16-14/h1-3,5-9,11,17H,4,10H2. The highest BCUT2D eigenvalue weighted by Gasteiger charge is 2.14. The molecule has 3 rings (SSSR count). The first-order valence-corrected chi connectivity index (χ1v) is 5.99. The number of benzene rings is 1. The van der Waals surface area contributed by atoms with E-state index in [9.17, 15) is 0 Å². The van der Waals surface area contributed by atoms with Gasteiger partial charge in [0.25, 0.3) is 0 Å². The van der Waals surface area contributed by atoms with Gasteiger partial charge in [-0.2, -0.15) is 0 Å². The third kappa shape index (κ3) is 2.18. The van der Waals surface area contributed by atoms with E-state index in [4.69, 9.17) is 0 Å². The predicted octanol–water partition coefficient (Wildman–Crippen LogP) is 2.23. The minimum absolute atomic E-state index is 0.846. The van der Waals surface area contributed by atoms with E-state index in [0.717, 1.165) is 24.5 Å². The molecular formula is C14H14N4. The third-order valence-corrected chi connectivity index (χ3v) is 2.87. The molecule has 0 saturated carbocycles. The maximum atomic E-state index is 4.30. The molecular weight excluding hydrogens is 224 g/mol. The van der Waals surface area contributed by atoms with E-state index in [2.05, 4.69) is 33.6 Å². The summed E-state index contributed by atoms with van der Waals surface area (Å²) in [5.41, 5.74) is 5.68. The molecule has 1 aliphatic rings. The molecule has 0 unspecified atom stereocenters. The zero-order valence-corrected chi connectivity index (χ0v) is 9.95. The van der Waals surface area contributed by atoms with Gasteiger partial charge in [-0.1, -0.05) is 36.4 Å². The number of hydrogen-bond donors (Lipinski definition) is 1. The zero-order valence-electron chi connectivity index (χ0n) is 9.95. The summed E-state index contributed by atoms with van der Waals surface area (Å²) in [5, 5.41) is 2.02. The van der Waals surface area contributed by atoms with Crippen LogP contribution in [0.2, 0.25) is 0 Å². The fraction of sp³-hybridized carbons (Fsp3) is 0.143. The van der Waals surface area contributed by atoms with Crippen LogP contribution in [0.15, 0.2) is 55.0 Å². The van der Waals surface area contributed by atoms with Crippen molar-refractivity contribution in [3.8, 4) is 0 Å². The van der Waals surface area contributed by atoms with Crippen LogP contribution in [-0.2, 0) is 0 Å². The van der Waals surface area contributed by atoms with Gasteiger partial charge in [0.1, 0.15) is 0 Å². The van der Waals surface area contributed by atoms with Gasteiger partial charge >= 0.3 is 0 Å². The molecule has 0 amide bonds. The molecule has 90 valence electrons. The summed E-state index contributed by atoms with van der Waals surface area (Å²) < 4.78 is 0. The smallest absolute Gasteiger partial charge is 0.165 e. The van der Waals surface area contributed by atoms with E-state index >= 15 is 0 Å². The van der Waals surface area contributed by atoms with Crippen molar-refractivity contribution in [3.63, 3.8) is 0 Å². The molecule has 0 radical (unpaired) electrons. The fourth-order valence-electron chi connectivity index (χ4n) is 1.99. The fourth-order valence-corrected chi connectivity index (χ4v) is 1.99. The Hall–Kier alpha value is -2.36. The van der Waals surface area contributed by atoms with Gasteiger partial charge in [0.2, 0.25) is 0 Å². The highest BCUT2D eigenvalue weighted by Crippen LogP contribution is 2.18. The van der Waals surface area contributed by atoms with Crippen molar-refractivity contribution in [2.24, 2.45) is 0 Å². The molecule has 1 aromatic heterocycles. The summed E-state index contributed by atoms with van der Waals surface area (Å²) >= 11 is 0. The Labute approximate surface area is 106 Å². The molecule has 4 nitrogen and oxygen atoms in total. The van der Waals surface area contributed by atoms with Gasteiger partial charge in [0, 0.05) is 18.9 Å². The van der Waals surface area contributed by atoms with Crippen LogP contribution in [0.5, 0.6) is 0 Å². The van der Waals surface area contributed by atoms with E-state index in [1.165, 1.54) is 5.56 Å². The van der Waals surface area contributed by atoms with E-state index in [-0.39, 0.29) is 0 Å². The van der Waals surface area contributed by atoms with Crippen LogP contribution < -0.4 is 10.4 Å². The molecule has 0 bridgehead atoms. The molecule has 0 atom stereocenters. The summed E-state index contributed by atoms with van der Waals surface area (Å²) in [6, 6.07) is 10.3. The molecule has 0 aliphatic carbocycles. The quantitative estimate of drug-likeness (QED) is 0.871. The second kappa shape index (κ2) is 4.87. The van der Waals surface area contributed by atoms with E-state index in [0.29, 0.717) is 0 Å². The first-order valence-electron chi connectivity index (χ1n) is 5.99. The van der Waals surface area contributed by atoms with Gasteiger partial charge in [-0.05, 0) is 12.0 Å². The summed E-state index contributed by atoms with van der Waals surface area (Å²) in [6.07, 6.45) is 8.36. The lowest BCUT2D eigenvalue weighted by Gasteiger charge is -2.29. The van der Waals surface area contributed by atoms with Crippen LogP contribution in [0.1, 0.15) is 12.0 Å². The summed E-state index contributed by atoms with van der Waals surface area (Å²) in [5.74, 6) is 0.846. The maximum Gasteiger partial charge on any atom is 0.165 e. The molecule has 1 aliphatic heterocycles. The van der Waals surface area contributed by atoms with Crippen molar-refractivity contribution in [1.29, 1.82) is 0 Å². The Morgan fingerprint density at radius 2 is 2.00 bits per heavy atom. The van der Waals surface area contributed by atoms with E-state index in [1.54, 1.807) is 18.6 Å². The van der Waals surface area contributed by atoms with Crippen LogP contribution in [-0.4, -0.2) is 16.5 Å². The zero-order chi connectivity index (χ0) is 12.2. The molecule has 0 spiro atoms. The van der Waals surface area contributed by atoms with Crippen molar-refractivity contribution in [3.05, 3.63) is 60.6 Å². The monoisotopic (exact) mass is 238 g/mol. The maximum absolute atomic E-state index is 4.30. The Kier molecular flexibility index (Phi) is 2.92. The van der Waals surface area contributed by atoms with E-state index < -0.39 is 0 Å². The third-order valence-electron chi connectivity index (χ3n) is 2.87. The van der Waals surface area contributed by atoms with Crippen molar-refractivity contribution >= 4 is 11.5 Å². The van der Waals surface area contributed by atoms with Crippen molar-refractivity contribution < 1.29 is 0 Å². The van der Waals surface area contributed by atoms with Gasteiger partial charge in [-0.3, -0.25) is 15.4 Å². The highest BCUT2D eigenvalue weighted by molar-refractivity contribution is 5.66. The lowest BCUT2D eigenvalue weighted by molar-refractivity contribution is 0.704. The van der Waals surface area contributed by atoms with Crippen LogP contribution in [0.3, 0.4) is 0 Å². The number of nitrogens with zero attached hydrogens (tertiary/aromatic N) is 3. The van der Waals surface area contributed by atoms with Gasteiger partial charge in [0.05, 0.1) is 11.9 Å². The number of hydrogen-bond acceptors (Lipinski definition) is 4. The Morgan fingerprint density at radius 3 is 2.78 bits per heavy atom. The number of nitrogens with one attached hydrogen (secondary N) is 1. The van der Waals surface area contributed by atoms with Crippen LogP contribution in [0.25, 0.3) is 5.70 Å². The number of anilines is 1. The first-order chi connectivity index (χ1) is 8.93. The van der Waals surface area contributed by atoms with Crippen LogP contribution in [0.4, 0.5) is 5.82 Å². The van der Waals surface area contributed by atoms with Crippen molar-refractivity contribution in [1.82, 2.24) is 15.4 Å². The number of aromatic nitrogens is 2. The Balaban J connectivity index is 1.82. The molecule has 0 saturated heterocycles. The first kappa shape index (κ1) is 10.8. The average molecular weight is 238 g/mol. The van der Waals surface area contributed by atoms with Crippen LogP contribution >= 0.6 is 0 Å². The van der Waals surface area contributed by atoms with Crippen LogP contribution in [0, 0.1) is 0 Å². The molecule has 2 aromatic rings. The van der Waals surface area contributed by atoms with Gasteiger partial charge in [-0.25, -0.2) is 4.98 Å². The minimum Gasteiger partial charge on any atom is -0.297 e. The van der Waals surface area contributed by atoms with Crippen molar-refractivity contribution in [2.45, 2.75) is 6.42 Å². The molecule has 1 N–H and O–H groups in total. The highest BCUT2D eigenvalue weighted by atomic mass is 15.5. The average Bonchev–Trinajstić information content (AvgIpc) is 2.49. The van der Waals surface area contributed by atoms with Gasteiger partial charge < -0.3 is 0 Å². The minimum atomic E-state index is 0.846. The lowest BCUT2D eigenvalue weighted by Crippen LogP contribution is -2.40. The number of rotatable bonds is 2. The summed E-state index contributed by atoms with van der Waals surface area (Å²) in [7, 11) is 0. The topological polar surface area (TPSA) is 41.0 Å². The second-order valence-corrected chi connectivity index (χ2v) is 4.10. The summed E-state index contributed by atoms with van der Waals surface area (Å²) in [4.78, 5) is 8.40. The van der Waals surface area contributed by atoms with Gasteiger partial charge in [0.15, 0.2) is 5.82 Å². The lowest BCUT2D eigenvalue weighted by atomic mass is 10.1. The number of hydrazine groups is 1. The Morgan fingerprint density at radius 1 is 1.11 bits per heavy atom. The summed E-state index contributed by atoms with van der Waals surface area (Å²) in [6.45, 7) is 0.898. The molecule has 4 heteroatoms. The van der Waals surface area contributed by atoms with Crippen molar-refractivity contribution in [2.75, 3.05) is 11.6 Å². The second-order valence-electron chi connectivity index (χ2n) is 4.10. The molecule has 18 heavy (non-hydrogen) atoms. The molecule has 1 aromatic carbocycles. The van der Waals surface area contributed by atoms with E-state index in [1.807, 2.05) is 23.2 Å². The molecule has 0 fully saturated rings. The Bertz CT molecular complexity index is 536. The molecule has 2 heterocycles. The SMILES string of the molecule is C1=C(c2ccccc2)NN(c2cnccn2)CC1. The van der Waals surface area contributed by atoms with Gasteiger partial charge in [-0.15, -0.1) is 0 Å². The predicted molar refractivity (Wildman–Crippen MR) is 71.5 cm³/mol. The largest absolute Gasteiger partial charge is 0.297 e. The normalized spacial score (nSPS) is 14.9.